The van der Waals surface area contributed by atoms with E-state index < -0.39 is 0 Å². The zero-order valence-electron chi connectivity index (χ0n) is 10.4. The van der Waals surface area contributed by atoms with Crippen LogP contribution in [0.4, 0.5) is 0 Å². The van der Waals surface area contributed by atoms with Gasteiger partial charge in [-0.05, 0) is 25.0 Å². The van der Waals surface area contributed by atoms with Gasteiger partial charge in [-0.3, -0.25) is 0 Å². The summed E-state index contributed by atoms with van der Waals surface area (Å²) in [5, 5.41) is 14.5. The van der Waals surface area contributed by atoms with Crippen molar-refractivity contribution < 1.29 is 9.84 Å². The maximum atomic E-state index is 9.60. The summed E-state index contributed by atoms with van der Waals surface area (Å²) >= 11 is 18.3. The second-order valence-corrected chi connectivity index (χ2v) is 5.92. The number of aliphatic hydroxyl groups excluding tert-OH is 1. The second-order valence-electron chi connectivity index (χ2n) is 4.73. The maximum Gasteiger partial charge on any atom is 0.0652 e. The van der Waals surface area contributed by atoms with Gasteiger partial charge in [0.15, 0.2) is 0 Å². The standard InChI is InChI=1S/C13H16Cl3NO2/c14-10-1-2-11(15)12(16)9(10)7-17-13(8-18)3-5-19-6-4-13/h1-2,17-18H,3-8H2. The molecule has 1 saturated heterocycles. The van der Waals surface area contributed by atoms with E-state index in [4.69, 9.17) is 39.5 Å². The highest BCUT2D eigenvalue weighted by atomic mass is 35.5. The van der Waals surface area contributed by atoms with Gasteiger partial charge in [0.2, 0.25) is 0 Å². The molecule has 1 fully saturated rings. The maximum absolute atomic E-state index is 9.60. The summed E-state index contributed by atoms with van der Waals surface area (Å²) < 4.78 is 5.32. The molecule has 1 aliphatic rings. The van der Waals surface area contributed by atoms with Gasteiger partial charge in [-0.15, -0.1) is 0 Å². The summed E-state index contributed by atoms with van der Waals surface area (Å²) in [6.45, 7) is 1.82. The van der Waals surface area contributed by atoms with Crippen LogP contribution < -0.4 is 5.32 Å². The predicted molar refractivity (Wildman–Crippen MR) is 78.2 cm³/mol. The van der Waals surface area contributed by atoms with E-state index in [9.17, 15) is 5.11 Å². The molecule has 0 spiro atoms. The van der Waals surface area contributed by atoms with Crippen molar-refractivity contribution in [2.45, 2.75) is 24.9 Å². The number of halogens is 3. The molecule has 1 aromatic carbocycles. The van der Waals surface area contributed by atoms with Crippen molar-refractivity contribution in [3.05, 3.63) is 32.8 Å². The molecule has 0 radical (unpaired) electrons. The van der Waals surface area contributed by atoms with E-state index in [0.717, 1.165) is 18.4 Å². The smallest absolute Gasteiger partial charge is 0.0652 e. The zero-order valence-corrected chi connectivity index (χ0v) is 12.7. The van der Waals surface area contributed by atoms with E-state index in [0.29, 0.717) is 34.8 Å². The number of rotatable bonds is 4. The Balaban J connectivity index is 2.11. The highest BCUT2D eigenvalue weighted by Crippen LogP contribution is 2.32. The molecule has 1 aromatic rings. The molecule has 2 rings (SSSR count). The third-order valence-corrected chi connectivity index (χ3v) is 4.73. The first kappa shape index (κ1) is 15.4. The third kappa shape index (κ3) is 3.54. The van der Waals surface area contributed by atoms with E-state index in [2.05, 4.69) is 5.32 Å². The molecular formula is C13H16Cl3NO2. The van der Waals surface area contributed by atoms with Crippen molar-refractivity contribution in [2.75, 3.05) is 19.8 Å². The lowest BCUT2D eigenvalue weighted by Gasteiger charge is -2.36. The average molecular weight is 325 g/mol. The van der Waals surface area contributed by atoms with Crippen LogP contribution in [0.2, 0.25) is 15.1 Å². The average Bonchev–Trinajstić information content (AvgIpc) is 2.44. The van der Waals surface area contributed by atoms with Crippen molar-refractivity contribution in [1.82, 2.24) is 5.32 Å². The van der Waals surface area contributed by atoms with Crippen LogP contribution in [0, 0.1) is 0 Å². The first-order chi connectivity index (χ1) is 9.08. The fourth-order valence-electron chi connectivity index (χ4n) is 2.16. The van der Waals surface area contributed by atoms with Gasteiger partial charge in [-0.2, -0.15) is 0 Å². The summed E-state index contributed by atoms with van der Waals surface area (Å²) in [5.74, 6) is 0. The van der Waals surface area contributed by atoms with Gasteiger partial charge in [-0.1, -0.05) is 34.8 Å². The SMILES string of the molecule is OCC1(NCc2c(Cl)ccc(Cl)c2Cl)CCOCC1. The molecule has 0 bridgehead atoms. The summed E-state index contributed by atoms with van der Waals surface area (Å²) in [6, 6.07) is 3.40. The Labute approximate surface area is 127 Å². The Bertz CT molecular complexity index is 448. The Kier molecular flexibility index (Phi) is 5.35. The van der Waals surface area contributed by atoms with E-state index in [-0.39, 0.29) is 12.1 Å². The Morgan fingerprint density at radius 3 is 2.42 bits per heavy atom. The quantitative estimate of drug-likeness (QED) is 0.835. The number of aliphatic hydroxyl groups is 1. The molecule has 0 unspecified atom stereocenters. The third-order valence-electron chi connectivity index (χ3n) is 3.53. The summed E-state index contributed by atoms with van der Waals surface area (Å²) in [7, 11) is 0. The number of hydrogen-bond acceptors (Lipinski definition) is 3. The highest BCUT2D eigenvalue weighted by Gasteiger charge is 2.31. The number of nitrogens with one attached hydrogen (secondary N) is 1. The Morgan fingerprint density at radius 2 is 1.79 bits per heavy atom. The van der Waals surface area contributed by atoms with Gasteiger partial charge < -0.3 is 15.2 Å². The van der Waals surface area contributed by atoms with Crippen LogP contribution in [0.15, 0.2) is 12.1 Å². The molecule has 0 aliphatic carbocycles. The molecule has 3 nitrogen and oxygen atoms in total. The summed E-state index contributed by atoms with van der Waals surface area (Å²) in [5.41, 5.74) is 0.433. The van der Waals surface area contributed by atoms with Crippen molar-refractivity contribution in [2.24, 2.45) is 0 Å². The molecule has 19 heavy (non-hydrogen) atoms. The Morgan fingerprint density at radius 1 is 1.16 bits per heavy atom. The molecule has 1 heterocycles. The highest BCUT2D eigenvalue weighted by molar-refractivity contribution is 6.44. The minimum Gasteiger partial charge on any atom is -0.394 e. The van der Waals surface area contributed by atoms with E-state index in [1.807, 2.05) is 0 Å². The van der Waals surface area contributed by atoms with Crippen molar-refractivity contribution in [3.8, 4) is 0 Å². The molecule has 0 saturated carbocycles. The van der Waals surface area contributed by atoms with Crippen LogP contribution in [0.5, 0.6) is 0 Å². The zero-order chi connectivity index (χ0) is 13.9. The number of benzene rings is 1. The molecule has 2 N–H and O–H groups in total. The molecule has 6 heteroatoms. The lowest BCUT2D eigenvalue weighted by Crippen LogP contribution is -2.51. The first-order valence-electron chi connectivity index (χ1n) is 6.14. The van der Waals surface area contributed by atoms with Crippen LogP contribution in [0.1, 0.15) is 18.4 Å². The van der Waals surface area contributed by atoms with Crippen LogP contribution in [-0.4, -0.2) is 30.5 Å². The molecule has 106 valence electrons. The van der Waals surface area contributed by atoms with E-state index in [1.165, 1.54) is 0 Å². The van der Waals surface area contributed by atoms with Gasteiger partial charge in [-0.25, -0.2) is 0 Å². The van der Waals surface area contributed by atoms with Gasteiger partial charge >= 0.3 is 0 Å². The van der Waals surface area contributed by atoms with Gasteiger partial charge in [0, 0.05) is 35.9 Å². The van der Waals surface area contributed by atoms with Gasteiger partial charge in [0.25, 0.3) is 0 Å². The van der Waals surface area contributed by atoms with E-state index >= 15 is 0 Å². The minimum absolute atomic E-state index is 0.0617. The summed E-state index contributed by atoms with van der Waals surface area (Å²) in [4.78, 5) is 0. The summed E-state index contributed by atoms with van der Waals surface area (Å²) in [6.07, 6.45) is 1.53. The van der Waals surface area contributed by atoms with Gasteiger partial charge in [0.1, 0.15) is 0 Å². The lowest BCUT2D eigenvalue weighted by atomic mass is 9.90. The molecule has 1 aliphatic heterocycles. The number of ether oxygens (including phenoxy) is 1. The van der Waals surface area contributed by atoms with Crippen molar-refractivity contribution in [1.29, 1.82) is 0 Å². The van der Waals surface area contributed by atoms with Gasteiger partial charge in [0.05, 0.1) is 16.7 Å². The second kappa shape index (κ2) is 6.61. The van der Waals surface area contributed by atoms with Crippen molar-refractivity contribution in [3.63, 3.8) is 0 Å². The monoisotopic (exact) mass is 323 g/mol. The van der Waals surface area contributed by atoms with Crippen LogP contribution >= 0.6 is 34.8 Å². The molecule has 0 amide bonds. The van der Waals surface area contributed by atoms with Crippen LogP contribution in [0.3, 0.4) is 0 Å². The fourth-order valence-corrected chi connectivity index (χ4v) is 2.84. The number of hydrogen-bond donors (Lipinski definition) is 2. The molecule has 0 aromatic heterocycles. The molecular weight excluding hydrogens is 309 g/mol. The first-order valence-corrected chi connectivity index (χ1v) is 7.27. The largest absolute Gasteiger partial charge is 0.394 e. The normalized spacial score (nSPS) is 18.5. The minimum atomic E-state index is -0.326. The van der Waals surface area contributed by atoms with Crippen molar-refractivity contribution >= 4 is 34.8 Å². The Hall–Kier alpha value is -0.0300. The lowest BCUT2D eigenvalue weighted by molar-refractivity contribution is 0.0112. The van der Waals surface area contributed by atoms with Crippen LogP contribution in [0.25, 0.3) is 0 Å². The van der Waals surface area contributed by atoms with E-state index in [1.54, 1.807) is 12.1 Å². The fraction of sp³-hybridized carbons (Fsp3) is 0.538. The van der Waals surface area contributed by atoms with Crippen LogP contribution in [-0.2, 0) is 11.3 Å². The topological polar surface area (TPSA) is 41.5 Å². The molecule has 0 atom stereocenters. The predicted octanol–water partition coefficient (Wildman–Crippen LogP) is 3.28.